The number of benzene rings is 1. The topological polar surface area (TPSA) is 29.4 Å². The number of hydrogen-bond donors (Lipinski definition) is 0. The van der Waals surface area contributed by atoms with E-state index in [1.807, 2.05) is 24.3 Å². The second kappa shape index (κ2) is 3.13. The summed E-state index contributed by atoms with van der Waals surface area (Å²) in [6.07, 6.45) is 2.56. The Bertz CT molecular complexity index is 368. The van der Waals surface area contributed by atoms with E-state index >= 15 is 0 Å². The third-order valence-electron chi connectivity index (χ3n) is 2.35. The third kappa shape index (κ3) is 1.52. The summed E-state index contributed by atoms with van der Waals surface area (Å²) in [6, 6.07) is 7.95. The van der Waals surface area contributed by atoms with Gasteiger partial charge in [-0.05, 0) is 25.0 Å². The summed E-state index contributed by atoms with van der Waals surface area (Å²) in [5.41, 5.74) is 2.17. The number of carbonyl (C=O) groups excluding carboxylic acids is 1. The van der Waals surface area contributed by atoms with Crippen LogP contribution in [0.1, 0.15) is 12.5 Å². The van der Waals surface area contributed by atoms with Crippen LogP contribution in [-0.2, 0) is 11.2 Å². The van der Waals surface area contributed by atoms with Gasteiger partial charge in [0.25, 0.3) is 0 Å². The maximum Gasteiger partial charge on any atom is 0.138 e. The van der Waals surface area contributed by atoms with E-state index in [2.05, 4.69) is 4.99 Å². The minimum Gasteiger partial charge on any atom is -0.299 e. The first-order valence-electron chi connectivity index (χ1n) is 4.40. The van der Waals surface area contributed by atoms with Crippen LogP contribution in [-0.4, -0.2) is 12.0 Å². The summed E-state index contributed by atoms with van der Waals surface area (Å²) in [5.74, 6) is 0.174. The number of aliphatic imine (C=N–C) groups is 1. The normalized spacial score (nSPS) is 19.6. The Hall–Kier alpha value is -1.44. The van der Waals surface area contributed by atoms with Crippen molar-refractivity contribution >= 4 is 17.7 Å². The van der Waals surface area contributed by atoms with E-state index in [-0.39, 0.29) is 11.7 Å². The number of fused-ring (bicyclic) bond motifs is 1. The molecule has 0 radical (unpaired) electrons. The first-order valence-corrected chi connectivity index (χ1v) is 4.40. The number of rotatable bonds is 1. The molecule has 2 nitrogen and oxygen atoms in total. The van der Waals surface area contributed by atoms with E-state index in [9.17, 15) is 4.79 Å². The van der Waals surface area contributed by atoms with Crippen molar-refractivity contribution in [1.82, 2.24) is 0 Å². The quantitative estimate of drug-likeness (QED) is 0.639. The predicted molar refractivity (Wildman–Crippen MR) is 52.5 cm³/mol. The molecule has 0 saturated carbocycles. The van der Waals surface area contributed by atoms with Crippen molar-refractivity contribution in [2.24, 2.45) is 10.9 Å². The first kappa shape index (κ1) is 8.17. The lowest BCUT2D eigenvalue weighted by atomic mass is 9.94. The highest BCUT2D eigenvalue weighted by atomic mass is 16.1. The van der Waals surface area contributed by atoms with Crippen LogP contribution in [0.4, 0.5) is 5.69 Å². The summed E-state index contributed by atoms with van der Waals surface area (Å²) in [5, 5.41) is 0. The van der Waals surface area contributed by atoms with Gasteiger partial charge in [-0.2, -0.15) is 0 Å². The van der Waals surface area contributed by atoms with E-state index in [0.29, 0.717) is 0 Å². The summed E-state index contributed by atoms with van der Waals surface area (Å²) < 4.78 is 0. The van der Waals surface area contributed by atoms with Gasteiger partial charge in [-0.15, -0.1) is 0 Å². The molecule has 1 aromatic carbocycles. The van der Waals surface area contributed by atoms with Gasteiger partial charge >= 0.3 is 0 Å². The van der Waals surface area contributed by atoms with Gasteiger partial charge in [-0.25, -0.2) is 0 Å². The Morgan fingerprint density at radius 3 is 3.00 bits per heavy atom. The Labute approximate surface area is 77.3 Å². The molecule has 0 aliphatic carbocycles. The molecule has 0 N–H and O–H groups in total. The smallest absolute Gasteiger partial charge is 0.138 e. The average Bonchev–Trinajstić information content (AvgIpc) is 2.17. The monoisotopic (exact) mass is 173 g/mol. The molecule has 0 amide bonds. The number of carbonyl (C=O) groups is 1. The molecule has 1 heterocycles. The first-order chi connectivity index (χ1) is 6.27. The zero-order chi connectivity index (χ0) is 9.26. The maximum atomic E-state index is 11.1. The second-order valence-corrected chi connectivity index (χ2v) is 3.33. The molecule has 1 aliphatic rings. The Balaban J connectivity index is 2.34. The largest absolute Gasteiger partial charge is 0.299 e. The fourth-order valence-electron chi connectivity index (χ4n) is 1.52. The summed E-state index contributed by atoms with van der Waals surface area (Å²) >= 11 is 0. The molecule has 0 bridgehead atoms. The molecule has 1 atom stereocenters. The lowest BCUT2D eigenvalue weighted by Gasteiger charge is -2.15. The maximum absolute atomic E-state index is 11.1. The lowest BCUT2D eigenvalue weighted by Crippen LogP contribution is -2.17. The zero-order valence-electron chi connectivity index (χ0n) is 7.53. The van der Waals surface area contributed by atoms with E-state index in [1.165, 1.54) is 5.56 Å². The zero-order valence-corrected chi connectivity index (χ0v) is 7.53. The minimum absolute atomic E-state index is 0.0186. The van der Waals surface area contributed by atoms with Crippen LogP contribution in [0.15, 0.2) is 29.3 Å². The fourth-order valence-corrected chi connectivity index (χ4v) is 1.52. The second-order valence-electron chi connectivity index (χ2n) is 3.33. The molecule has 66 valence electrons. The molecular formula is C11H11NO. The van der Waals surface area contributed by atoms with Crippen LogP contribution in [0, 0.1) is 5.92 Å². The molecule has 13 heavy (non-hydrogen) atoms. The van der Waals surface area contributed by atoms with Crippen LogP contribution < -0.4 is 0 Å². The molecular weight excluding hydrogens is 162 g/mol. The SMILES string of the molecule is CC(=O)C1C=Nc2ccccc2C1. The highest BCUT2D eigenvalue weighted by Gasteiger charge is 2.17. The van der Waals surface area contributed by atoms with Gasteiger partial charge < -0.3 is 0 Å². The standard InChI is InChI=1S/C11H11NO/c1-8(13)10-6-9-4-2-3-5-11(9)12-7-10/h2-5,7,10H,6H2,1H3. The average molecular weight is 173 g/mol. The van der Waals surface area contributed by atoms with Crippen LogP contribution in [0.2, 0.25) is 0 Å². The van der Waals surface area contributed by atoms with Crippen molar-refractivity contribution in [2.45, 2.75) is 13.3 Å². The molecule has 2 rings (SSSR count). The predicted octanol–water partition coefficient (Wildman–Crippen LogP) is 2.15. The van der Waals surface area contributed by atoms with E-state index < -0.39 is 0 Å². The van der Waals surface area contributed by atoms with Crippen LogP contribution in [0.25, 0.3) is 0 Å². The lowest BCUT2D eigenvalue weighted by molar-refractivity contribution is -0.118. The molecule has 0 spiro atoms. The van der Waals surface area contributed by atoms with Gasteiger partial charge in [0.2, 0.25) is 0 Å². The van der Waals surface area contributed by atoms with Crippen molar-refractivity contribution in [3.05, 3.63) is 29.8 Å². The third-order valence-corrected chi connectivity index (χ3v) is 2.35. The molecule has 0 saturated heterocycles. The number of ketones is 1. The number of para-hydroxylation sites is 1. The van der Waals surface area contributed by atoms with Gasteiger partial charge in [0.1, 0.15) is 5.78 Å². The minimum atomic E-state index is -0.0186. The van der Waals surface area contributed by atoms with Crippen molar-refractivity contribution in [3.8, 4) is 0 Å². The van der Waals surface area contributed by atoms with Crippen molar-refractivity contribution in [1.29, 1.82) is 0 Å². The molecule has 0 aromatic heterocycles. The van der Waals surface area contributed by atoms with Gasteiger partial charge in [-0.1, -0.05) is 18.2 Å². The summed E-state index contributed by atoms with van der Waals surface area (Å²) in [7, 11) is 0. The molecule has 1 unspecified atom stereocenters. The van der Waals surface area contributed by atoms with Gasteiger partial charge in [-0.3, -0.25) is 9.79 Å². The Morgan fingerprint density at radius 2 is 2.23 bits per heavy atom. The van der Waals surface area contributed by atoms with Crippen LogP contribution in [0.3, 0.4) is 0 Å². The Morgan fingerprint density at radius 1 is 1.46 bits per heavy atom. The van der Waals surface area contributed by atoms with Crippen molar-refractivity contribution in [3.63, 3.8) is 0 Å². The van der Waals surface area contributed by atoms with Crippen LogP contribution in [0.5, 0.6) is 0 Å². The van der Waals surface area contributed by atoms with Gasteiger partial charge in [0.15, 0.2) is 0 Å². The van der Waals surface area contributed by atoms with E-state index in [1.54, 1.807) is 13.1 Å². The Kier molecular flexibility index (Phi) is 1.97. The van der Waals surface area contributed by atoms with Crippen LogP contribution >= 0.6 is 0 Å². The summed E-state index contributed by atoms with van der Waals surface area (Å²) in [4.78, 5) is 15.4. The molecule has 2 heteroatoms. The number of nitrogens with zero attached hydrogens (tertiary/aromatic N) is 1. The number of hydrogen-bond acceptors (Lipinski definition) is 2. The highest BCUT2D eigenvalue weighted by Crippen LogP contribution is 2.25. The van der Waals surface area contributed by atoms with Gasteiger partial charge in [0, 0.05) is 6.21 Å². The van der Waals surface area contributed by atoms with E-state index in [4.69, 9.17) is 0 Å². The van der Waals surface area contributed by atoms with E-state index in [0.717, 1.165) is 12.1 Å². The molecule has 0 fully saturated rings. The van der Waals surface area contributed by atoms with Crippen molar-refractivity contribution < 1.29 is 4.79 Å². The highest BCUT2D eigenvalue weighted by molar-refractivity contribution is 5.95. The molecule has 1 aromatic rings. The van der Waals surface area contributed by atoms with Crippen molar-refractivity contribution in [2.75, 3.05) is 0 Å². The van der Waals surface area contributed by atoms with Gasteiger partial charge in [0.05, 0.1) is 11.6 Å². The fraction of sp³-hybridized carbons (Fsp3) is 0.273. The molecule has 1 aliphatic heterocycles. The number of Topliss-reactive ketones (excluding diaryl/α,β-unsaturated/α-hetero) is 1. The summed E-state index contributed by atoms with van der Waals surface area (Å²) in [6.45, 7) is 1.62.